The van der Waals surface area contributed by atoms with Gasteiger partial charge in [0.1, 0.15) is 5.76 Å². The van der Waals surface area contributed by atoms with Gasteiger partial charge in [-0.15, -0.1) is 0 Å². The SMILES string of the molecule is CCOC(=O)c1ccc(C(C)NC)o1. The first kappa shape index (κ1) is 10.8. The fourth-order valence-electron chi connectivity index (χ4n) is 1.04. The molecule has 0 radical (unpaired) electrons. The van der Waals surface area contributed by atoms with Crippen molar-refractivity contribution in [1.29, 1.82) is 0 Å². The van der Waals surface area contributed by atoms with Gasteiger partial charge in [-0.3, -0.25) is 0 Å². The van der Waals surface area contributed by atoms with Crippen molar-refractivity contribution in [2.75, 3.05) is 13.7 Å². The van der Waals surface area contributed by atoms with Crippen molar-refractivity contribution >= 4 is 5.97 Å². The van der Waals surface area contributed by atoms with Gasteiger partial charge in [0.2, 0.25) is 5.76 Å². The molecule has 1 unspecified atom stereocenters. The Bertz CT molecular complexity index is 306. The van der Waals surface area contributed by atoms with Crippen molar-refractivity contribution in [3.8, 4) is 0 Å². The molecule has 1 N–H and O–H groups in total. The van der Waals surface area contributed by atoms with Gasteiger partial charge in [0.05, 0.1) is 12.6 Å². The van der Waals surface area contributed by atoms with E-state index in [0.717, 1.165) is 5.76 Å². The zero-order chi connectivity index (χ0) is 10.6. The van der Waals surface area contributed by atoms with Gasteiger partial charge in [0.25, 0.3) is 0 Å². The average molecular weight is 197 g/mol. The molecular weight excluding hydrogens is 182 g/mol. The van der Waals surface area contributed by atoms with E-state index in [0.29, 0.717) is 6.61 Å². The maximum absolute atomic E-state index is 11.2. The maximum Gasteiger partial charge on any atom is 0.374 e. The Morgan fingerprint density at radius 1 is 1.64 bits per heavy atom. The molecule has 14 heavy (non-hydrogen) atoms. The zero-order valence-corrected chi connectivity index (χ0v) is 8.66. The van der Waals surface area contributed by atoms with Crippen LogP contribution in [0.3, 0.4) is 0 Å². The van der Waals surface area contributed by atoms with Gasteiger partial charge in [0.15, 0.2) is 0 Å². The molecule has 0 spiro atoms. The number of carbonyl (C=O) groups is 1. The van der Waals surface area contributed by atoms with Crippen molar-refractivity contribution in [2.24, 2.45) is 0 Å². The molecule has 0 amide bonds. The summed E-state index contributed by atoms with van der Waals surface area (Å²) in [5.74, 6) is 0.571. The van der Waals surface area contributed by atoms with Crippen LogP contribution in [0.5, 0.6) is 0 Å². The smallest absolute Gasteiger partial charge is 0.374 e. The van der Waals surface area contributed by atoms with E-state index in [9.17, 15) is 4.79 Å². The quantitative estimate of drug-likeness (QED) is 0.747. The van der Waals surface area contributed by atoms with Crippen molar-refractivity contribution in [3.05, 3.63) is 23.7 Å². The fraction of sp³-hybridized carbons (Fsp3) is 0.500. The minimum atomic E-state index is -0.415. The summed E-state index contributed by atoms with van der Waals surface area (Å²) in [6, 6.07) is 3.49. The van der Waals surface area contributed by atoms with E-state index in [1.165, 1.54) is 0 Å². The van der Waals surface area contributed by atoms with Gasteiger partial charge in [-0.25, -0.2) is 4.79 Å². The Kier molecular flexibility index (Phi) is 3.71. The lowest BCUT2D eigenvalue weighted by molar-refractivity contribution is 0.0487. The first-order valence-electron chi connectivity index (χ1n) is 4.63. The second-order valence-electron chi connectivity index (χ2n) is 2.93. The third kappa shape index (κ3) is 2.35. The minimum Gasteiger partial charge on any atom is -0.460 e. The molecule has 1 rings (SSSR count). The minimum absolute atomic E-state index is 0.0955. The van der Waals surface area contributed by atoms with E-state index in [4.69, 9.17) is 9.15 Å². The van der Waals surface area contributed by atoms with E-state index in [2.05, 4.69) is 5.32 Å². The Morgan fingerprint density at radius 2 is 2.36 bits per heavy atom. The highest BCUT2D eigenvalue weighted by molar-refractivity contribution is 5.86. The molecule has 0 aliphatic carbocycles. The largest absolute Gasteiger partial charge is 0.460 e. The molecule has 1 aromatic heterocycles. The van der Waals surface area contributed by atoms with Crippen LogP contribution in [0.2, 0.25) is 0 Å². The number of hydrogen-bond acceptors (Lipinski definition) is 4. The van der Waals surface area contributed by atoms with Crippen LogP contribution in [-0.2, 0) is 4.74 Å². The first-order valence-corrected chi connectivity index (χ1v) is 4.63. The number of furan rings is 1. The summed E-state index contributed by atoms with van der Waals surface area (Å²) < 4.78 is 10.1. The van der Waals surface area contributed by atoms with Crippen LogP contribution in [0.15, 0.2) is 16.5 Å². The van der Waals surface area contributed by atoms with Gasteiger partial charge < -0.3 is 14.5 Å². The standard InChI is InChI=1S/C10H15NO3/c1-4-13-10(12)9-6-5-8(14-9)7(2)11-3/h5-7,11H,4H2,1-3H3. The van der Waals surface area contributed by atoms with Crippen LogP contribution in [-0.4, -0.2) is 19.6 Å². The molecule has 1 aromatic rings. The van der Waals surface area contributed by atoms with Crippen LogP contribution in [0, 0.1) is 0 Å². The lowest BCUT2D eigenvalue weighted by atomic mass is 10.3. The lowest BCUT2D eigenvalue weighted by Crippen LogP contribution is -2.11. The van der Waals surface area contributed by atoms with Crippen LogP contribution in [0.4, 0.5) is 0 Å². The van der Waals surface area contributed by atoms with Crippen molar-refractivity contribution in [3.63, 3.8) is 0 Å². The lowest BCUT2D eigenvalue weighted by Gasteiger charge is -2.05. The predicted octanol–water partition coefficient (Wildman–Crippen LogP) is 1.74. The van der Waals surface area contributed by atoms with E-state index in [-0.39, 0.29) is 11.8 Å². The summed E-state index contributed by atoms with van der Waals surface area (Å²) in [6.45, 7) is 4.07. The molecule has 0 saturated carbocycles. The van der Waals surface area contributed by atoms with Crippen molar-refractivity contribution < 1.29 is 13.9 Å². The van der Waals surface area contributed by atoms with Gasteiger partial charge >= 0.3 is 5.97 Å². The molecule has 0 aromatic carbocycles. The highest BCUT2D eigenvalue weighted by atomic mass is 16.5. The summed E-state index contributed by atoms with van der Waals surface area (Å²) in [5, 5.41) is 3.02. The molecule has 0 aliphatic heterocycles. The van der Waals surface area contributed by atoms with Gasteiger partial charge in [-0.1, -0.05) is 0 Å². The van der Waals surface area contributed by atoms with E-state index >= 15 is 0 Å². The summed E-state index contributed by atoms with van der Waals surface area (Å²) >= 11 is 0. The highest BCUT2D eigenvalue weighted by Gasteiger charge is 2.14. The monoisotopic (exact) mass is 197 g/mol. The number of nitrogens with one attached hydrogen (secondary N) is 1. The van der Waals surface area contributed by atoms with E-state index < -0.39 is 5.97 Å². The molecule has 0 aliphatic rings. The van der Waals surface area contributed by atoms with Crippen LogP contribution in [0.25, 0.3) is 0 Å². The van der Waals surface area contributed by atoms with Crippen LogP contribution >= 0.6 is 0 Å². The van der Waals surface area contributed by atoms with Crippen LogP contribution < -0.4 is 5.32 Å². The molecule has 1 heterocycles. The van der Waals surface area contributed by atoms with Gasteiger partial charge in [0, 0.05) is 0 Å². The Hall–Kier alpha value is -1.29. The fourth-order valence-corrected chi connectivity index (χ4v) is 1.04. The van der Waals surface area contributed by atoms with E-state index in [1.807, 2.05) is 14.0 Å². The number of carbonyl (C=O) groups excluding carboxylic acids is 1. The average Bonchev–Trinajstić information content (AvgIpc) is 2.66. The Morgan fingerprint density at radius 3 is 2.93 bits per heavy atom. The molecule has 4 heteroatoms. The van der Waals surface area contributed by atoms with Crippen molar-refractivity contribution in [2.45, 2.75) is 19.9 Å². The van der Waals surface area contributed by atoms with Gasteiger partial charge in [-0.2, -0.15) is 0 Å². The second-order valence-corrected chi connectivity index (χ2v) is 2.93. The molecule has 1 atom stereocenters. The highest BCUT2D eigenvalue weighted by Crippen LogP contribution is 2.16. The molecule has 0 saturated heterocycles. The number of rotatable bonds is 4. The zero-order valence-electron chi connectivity index (χ0n) is 8.66. The predicted molar refractivity (Wildman–Crippen MR) is 52.1 cm³/mol. The third-order valence-electron chi connectivity index (χ3n) is 1.96. The molecule has 0 fully saturated rings. The van der Waals surface area contributed by atoms with Crippen LogP contribution in [0.1, 0.15) is 36.2 Å². The molecule has 0 bridgehead atoms. The molecule has 78 valence electrons. The van der Waals surface area contributed by atoms with Crippen molar-refractivity contribution in [1.82, 2.24) is 5.32 Å². The number of esters is 1. The normalized spacial score (nSPS) is 12.5. The Labute approximate surface area is 83.2 Å². The first-order chi connectivity index (χ1) is 6.69. The van der Waals surface area contributed by atoms with E-state index in [1.54, 1.807) is 19.1 Å². The number of hydrogen-bond donors (Lipinski definition) is 1. The molecule has 4 nitrogen and oxygen atoms in total. The third-order valence-corrected chi connectivity index (χ3v) is 1.96. The van der Waals surface area contributed by atoms with Gasteiger partial charge in [-0.05, 0) is 33.0 Å². The summed E-state index contributed by atoms with van der Waals surface area (Å²) in [7, 11) is 1.83. The number of ether oxygens (including phenoxy) is 1. The summed E-state index contributed by atoms with van der Waals surface area (Å²) in [4.78, 5) is 11.2. The molecular formula is C10H15NO3. The maximum atomic E-state index is 11.2. The Balaban J connectivity index is 2.72. The topological polar surface area (TPSA) is 51.5 Å². The summed E-state index contributed by atoms with van der Waals surface area (Å²) in [6.07, 6.45) is 0. The summed E-state index contributed by atoms with van der Waals surface area (Å²) in [5.41, 5.74) is 0. The second kappa shape index (κ2) is 4.81.